The SMILES string of the molecule is C[C@]1(COP(=O)(O)O)O[C@@H](n2cc(F)c(N)nc2=O)C[C@@H]1O. The summed E-state index contributed by atoms with van der Waals surface area (Å²) in [4.78, 5) is 32.4. The van der Waals surface area contributed by atoms with Crippen LogP contribution >= 0.6 is 7.82 Å². The zero-order valence-electron chi connectivity index (χ0n) is 11.4. The molecule has 1 aliphatic heterocycles. The molecule has 3 atom stereocenters. The Hall–Kier alpha value is -1.36. The van der Waals surface area contributed by atoms with Crippen LogP contribution in [-0.2, 0) is 13.8 Å². The summed E-state index contributed by atoms with van der Waals surface area (Å²) < 4.78 is 34.7. The van der Waals surface area contributed by atoms with E-state index >= 15 is 0 Å². The number of aliphatic hydroxyl groups excluding tert-OH is 1. The molecule has 10 nitrogen and oxygen atoms in total. The highest BCUT2D eigenvalue weighted by molar-refractivity contribution is 7.46. The summed E-state index contributed by atoms with van der Waals surface area (Å²) >= 11 is 0. The molecule has 2 heterocycles. The van der Waals surface area contributed by atoms with Crippen LogP contribution in [0.4, 0.5) is 10.2 Å². The Morgan fingerprint density at radius 3 is 2.91 bits per heavy atom. The first-order valence-corrected chi connectivity index (χ1v) is 7.65. The van der Waals surface area contributed by atoms with Crippen molar-refractivity contribution in [1.29, 1.82) is 0 Å². The summed E-state index contributed by atoms with van der Waals surface area (Å²) in [7, 11) is -4.75. The van der Waals surface area contributed by atoms with Gasteiger partial charge >= 0.3 is 13.5 Å². The van der Waals surface area contributed by atoms with Crippen molar-refractivity contribution in [3.05, 3.63) is 22.5 Å². The standard InChI is InChI=1S/C10H15FN3O7P/c1-10(4-20-22(17,18)19)6(15)2-7(21-10)14-3-5(11)8(12)13-9(14)16/h3,6-7,15H,2,4H2,1H3,(H2,12,13,16)(H2,17,18,19)/t6-,7+,10+/m0/s1. The van der Waals surface area contributed by atoms with Gasteiger partial charge in [0.1, 0.15) is 11.8 Å². The third-order valence-electron chi connectivity index (χ3n) is 3.30. The Kier molecular flexibility index (Phi) is 4.39. The van der Waals surface area contributed by atoms with Gasteiger partial charge in [-0.05, 0) is 6.92 Å². The fraction of sp³-hybridized carbons (Fsp3) is 0.600. The molecule has 5 N–H and O–H groups in total. The second-order valence-electron chi connectivity index (χ2n) is 5.06. The molecule has 1 fully saturated rings. The molecule has 0 amide bonds. The molecule has 124 valence electrons. The van der Waals surface area contributed by atoms with E-state index < -0.39 is 49.7 Å². The first-order valence-electron chi connectivity index (χ1n) is 6.12. The van der Waals surface area contributed by atoms with E-state index in [1.165, 1.54) is 6.92 Å². The topological polar surface area (TPSA) is 157 Å². The maximum Gasteiger partial charge on any atom is 0.469 e. The van der Waals surface area contributed by atoms with Gasteiger partial charge in [-0.15, -0.1) is 0 Å². The molecule has 1 saturated heterocycles. The molecule has 0 bridgehead atoms. The zero-order chi connectivity index (χ0) is 16.7. The van der Waals surface area contributed by atoms with Crippen molar-refractivity contribution < 1.29 is 33.1 Å². The highest BCUT2D eigenvalue weighted by atomic mass is 31.2. The van der Waals surface area contributed by atoms with Gasteiger partial charge < -0.3 is 25.4 Å². The lowest BCUT2D eigenvalue weighted by molar-refractivity contribution is -0.115. The van der Waals surface area contributed by atoms with E-state index in [0.717, 1.165) is 10.8 Å². The Bertz CT molecular complexity index is 677. The van der Waals surface area contributed by atoms with Crippen LogP contribution in [0, 0.1) is 5.82 Å². The number of phosphoric acid groups is 1. The van der Waals surface area contributed by atoms with Crippen LogP contribution in [0.3, 0.4) is 0 Å². The van der Waals surface area contributed by atoms with Gasteiger partial charge in [0.2, 0.25) is 0 Å². The van der Waals surface area contributed by atoms with Gasteiger partial charge in [-0.25, -0.2) is 13.8 Å². The molecule has 1 aromatic rings. The van der Waals surface area contributed by atoms with Crippen molar-refractivity contribution in [3.63, 3.8) is 0 Å². The normalized spacial score (nSPS) is 29.0. The molecule has 0 spiro atoms. The molecule has 22 heavy (non-hydrogen) atoms. The van der Waals surface area contributed by atoms with Crippen molar-refractivity contribution in [1.82, 2.24) is 9.55 Å². The van der Waals surface area contributed by atoms with Crippen LogP contribution in [0.15, 0.2) is 11.0 Å². The second kappa shape index (κ2) is 5.69. The summed E-state index contributed by atoms with van der Waals surface area (Å²) in [5, 5.41) is 9.98. The highest BCUT2D eigenvalue weighted by Gasteiger charge is 2.47. The number of nitrogens with two attached hydrogens (primary N) is 1. The van der Waals surface area contributed by atoms with Crippen molar-refractivity contribution in [2.24, 2.45) is 0 Å². The molecule has 0 radical (unpaired) electrons. The third kappa shape index (κ3) is 3.51. The number of ether oxygens (including phenoxy) is 1. The zero-order valence-corrected chi connectivity index (χ0v) is 12.3. The van der Waals surface area contributed by atoms with E-state index in [4.69, 9.17) is 20.3 Å². The van der Waals surface area contributed by atoms with Crippen LogP contribution < -0.4 is 11.4 Å². The number of anilines is 1. The van der Waals surface area contributed by atoms with E-state index in [9.17, 15) is 18.9 Å². The molecule has 1 aromatic heterocycles. The molecule has 2 rings (SSSR count). The first kappa shape index (κ1) is 17.0. The van der Waals surface area contributed by atoms with Crippen molar-refractivity contribution >= 4 is 13.6 Å². The Balaban J connectivity index is 2.22. The van der Waals surface area contributed by atoms with Crippen molar-refractivity contribution in [3.8, 4) is 0 Å². The van der Waals surface area contributed by atoms with Gasteiger partial charge in [-0.1, -0.05) is 0 Å². The predicted molar refractivity (Wildman–Crippen MR) is 70.0 cm³/mol. The molecule has 0 unspecified atom stereocenters. The van der Waals surface area contributed by atoms with Crippen LogP contribution in [0.2, 0.25) is 0 Å². The lowest BCUT2D eigenvalue weighted by Gasteiger charge is -2.27. The van der Waals surface area contributed by atoms with Crippen LogP contribution in [0.25, 0.3) is 0 Å². The molecule has 12 heteroatoms. The number of nitrogens with zero attached hydrogens (tertiary/aromatic N) is 2. The highest BCUT2D eigenvalue weighted by Crippen LogP contribution is 2.42. The fourth-order valence-electron chi connectivity index (χ4n) is 2.05. The number of halogens is 1. The van der Waals surface area contributed by atoms with E-state index in [1.807, 2.05) is 0 Å². The lowest BCUT2D eigenvalue weighted by atomic mass is 10.0. The number of nitrogen functional groups attached to an aromatic ring is 1. The average molecular weight is 339 g/mol. The molecule has 1 aliphatic rings. The summed E-state index contributed by atoms with van der Waals surface area (Å²) in [6, 6.07) is 0. The smallest absolute Gasteiger partial charge is 0.390 e. The number of hydrogen-bond donors (Lipinski definition) is 4. The van der Waals surface area contributed by atoms with Gasteiger partial charge in [0.15, 0.2) is 11.6 Å². The molecule has 0 saturated carbocycles. The Morgan fingerprint density at radius 2 is 2.32 bits per heavy atom. The Morgan fingerprint density at radius 1 is 1.68 bits per heavy atom. The summed E-state index contributed by atoms with van der Waals surface area (Å²) in [6.07, 6.45) is -1.60. The number of phosphoric ester groups is 1. The van der Waals surface area contributed by atoms with Crippen molar-refractivity contribution in [2.75, 3.05) is 12.3 Å². The van der Waals surface area contributed by atoms with Gasteiger partial charge in [-0.2, -0.15) is 4.98 Å². The van der Waals surface area contributed by atoms with E-state index in [-0.39, 0.29) is 6.42 Å². The number of aliphatic hydroxyl groups is 1. The molecule has 0 aliphatic carbocycles. The fourth-order valence-corrected chi connectivity index (χ4v) is 2.48. The minimum absolute atomic E-state index is 0.119. The minimum atomic E-state index is -4.75. The largest absolute Gasteiger partial charge is 0.469 e. The van der Waals surface area contributed by atoms with Crippen molar-refractivity contribution in [2.45, 2.75) is 31.3 Å². The van der Waals surface area contributed by atoms with Gasteiger partial charge in [0.05, 0.1) is 18.9 Å². The van der Waals surface area contributed by atoms with E-state index in [0.29, 0.717) is 0 Å². The number of aromatic nitrogens is 2. The molecular weight excluding hydrogens is 324 g/mol. The quantitative estimate of drug-likeness (QED) is 0.511. The number of rotatable bonds is 4. The van der Waals surface area contributed by atoms with Crippen LogP contribution in [0.5, 0.6) is 0 Å². The molecule has 0 aromatic carbocycles. The summed E-state index contributed by atoms with van der Waals surface area (Å²) in [5.74, 6) is -1.50. The van der Waals surface area contributed by atoms with Gasteiger partial charge in [0, 0.05) is 6.42 Å². The summed E-state index contributed by atoms with van der Waals surface area (Å²) in [5.41, 5.74) is 2.81. The maximum atomic E-state index is 13.4. The van der Waals surface area contributed by atoms with Gasteiger partial charge in [0.25, 0.3) is 0 Å². The predicted octanol–water partition coefficient (Wildman–Crippen LogP) is -0.888. The van der Waals surface area contributed by atoms with Crippen LogP contribution in [-0.4, -0.2) is 42.8 Å². The first-order chi connectivity index (χ1) is 10.0. The molecular formula is C10H15FN3O7P. The van der Waals surface area contributed by atoms with E-state index in [2.05, 4.69) is 9.51 Å². The van der Waals surface area contributed by atoms with Gasteiger partial charge in [-0.3, -0.25) is 9.09 Å². The van der Waals surface area contributed by atoms with Crippen LogP contribution in [0.1, 0.15) is 19.6 Å². The van der Waals surface area contributed by atoms with E-state index in [1.54, 1.807) is 0 Å². The Labute approximate surface area is 123 Å². The minimum Gasteiger partial charge on any atom is -0.390 e. The average Bonchev–Trinajstić information content (AvgIpc) is 2.68. The second-order valence-corrected chi connectivity index (χ2v) is 6.30. The monoisotopic (exact) mass is 339 g/mol. The third-order valence-corrected chi connectivity index (χ3v) is 3.76. The maximum absolute atomic E-state index is 13.4. The number of hydrogen-bond acceptors (Lipinski definition) is 7. The lowest BCUT2D eigenvalue weighted by Crippen LogP contribution is -2.40. The summed E-state index contributed by atoms with van der Waals surface area (Å²) in [6.45, 7) is 0.730.